The molecule has 1 saturated carbocycles. The number of alkyl halides is 3. The number of hydrogen-bond donors (Lipinski definition) is 3. The van der Waals surface area contributed by atoms with E-state index in [0.717, 1.165) is 7.11 Å². The van der Waals surface area contributed by atoms with Crippen molar-refractivity contribution in [1.29, 1.82) is 0 Å². The lowest BCUT2D eigenvalue weighted by Gasteiger charge is -2.22. The first kappa shape index (κ1) is 17.1. The Labute approximate surface area is 117 Å². The van der Waals surface area contributed by atoms with E-state index in [4.69, 9.17) is 5.11 Å². The van der Waals surface area contributed by atoms with Gasteiger partial charge in [0.25, 0.3) is 0 Å². The molecule has 10 heteroatoms. The van der Waals surface area contributed by atoms with Gasteiger partial charge in [-0.25, -0.2) is 9.59 Å². The number of ether oxygens (including phenoxy) is 1. The third kappa shape index (κ3) is 4.50. The second-order valence-electron chi connectivity index (χ2n) is 4.68. The van der Waals surface area contributed by atoms with Crippen LogP contribution in [-0.2, 0) is 14.3 Å². The van der Waals surface area contributed by atoms with E-state index in [1.807, 2.05) is 5.32 Å². The molecule has 1 fully saturated rings. The van der Waals surface area contributed by atoms with Gasteiger partial charge in [-0.2, -0.15) is 13.2 Å². The average Bonchev–Trinajstić information content (AvgIpc) is 3.13. The fourth-order valence-corrected chi connectivity index (χ4v) is 1.64. The minimum absolute atomic E-state index is 0.246. The maximum absolute atomic E-state index is 12.6. The van der Waals surface area contributed by atoms with Crippen LogP contribution in [0.4, 0.5) is 18.0 Å². The maximum Gasteiger partial charge on any atom is 0.411 e. The number of esters is 1. The number of hydrogen-bond acceptors (Lipinski definition) is 4. The van der Waals surface area contributed by atoms with Crippen molar-refractivity contribution in [3.8, 4) is 0 Å². The van der Waals surface area contributed by atoms with E-state index in [0.29, 0.717) is 0 Å². The molecule has 21 heavy (non-hydrogen) atoms. The molecular formula is C11H15F3N2O5. The summed E-state index contributed by atoms with van der Waals surface area (Å²) < 4.78 is 42.2. The summed E-state index contributed by atoms with van der Waals surface area (Å²) in [5, 5.41) is 12.5. The fourth-order valence-electron chi connectivity index (χ4n) is 1.64. The van der Waals surface area contributed by atoms with Crippen molar-refractivity contribution in [3.05, 3.63) is 0 Å². The van der Waals surface area contributed by atoms with Crippen molar-refractivity contribution >= 4 is 18.0 Å². The summed E-state index contributed by atoms with van der Waals surface area (Å²) in [7, 11) is 1.11. The van der Waals surface area contributed by atoms with Crippen molar-refractivity contribution in [2.24, 2.45) is 0 Å². The molecule has 1 rings (SSSR count). The standard InChI is InChI=1S/C11H15F3N2O5/c1-21-7(17)3-2-6(8(18)19)15-9(20)16-10(4-5-10)11(12,13)14/h6H,2-5H2,1H3,(H,18,19)(H2,15,16,20)/t6-/m1/s1. The largest absolute Gasteiger partial charge is 0.480 e. The zero-order valence-electron chi connectivity index (χ0n) is 11.1. The molecule has 0 radical (unpaired) electrons. The number of urea groups is 1. The minimum atomic E-state index is -4.59. The minimum Gasteiger partial charge on any atom is -0.480 e. The molecule has 0 unspecified atom stereocenters. The number of aliphatic carboxylic acids is 1. The van der Waals surface area contributed by atoms with Crippen molar-refractivity contribution in [2.45, 2.75) is 43.4 Å². The molecular weight excluding hydrogens is 297 g/mol. The quantitative estimate of drug-likeness (QED) is 0.629. The number of carbonyl (C=O) groups is 3. The first-order valence-electron chi connectivity index (χ1n) is 6.06. The van der Waals surface area contributed by atoms with Gasteiger partial charge in [-0.05, 0) is 19.3 Å². The maximum atomic E-state index is 12.6. The van der Waals surface area contributed by atoms with E-state index < -0.39 is 35.7 Å². The van der Waals surface area contributed by atoms with Gasteiger partial charge >= 0.3 is 24.1 Å². The molecule has 0 aromatic rings. The molecule has 0 bridgehead atoms. The van der Waals surface area contributed by atoms with Crippen LogP contribution in [-0.4, -0.2) is 47.9 Å². The fraction of sp³-hybridized carbons (Fsp3) is 0.727. The Balaban J connectivity index is 2.54. The molecule has 1 atom stereocenters. The number of amides is 2. The average molecular weight is 312 g/mol. The van der Waals surface area contributed by atoms with Gasteiger partial charge in [-0.3, -0.25) is 4.79 Å². The van der Waals surface area contributed by atoms with E-state index in [9.17, 15) is 27.6 Å². The van der Waals surface area contributed by atoms with Gasteiger partial charge in [0.05, 0.1) is 7.11 Å². The normalized spacial score (nSPS) is 17.5. The SMILES string of the molecule is COC(=O)CC[C@@H](NC(=O)NC1(C(F)(F)F)CC1)C(=O)O. The molecule has 1 aliphatic carbocycles. The van der Waals surface area contributed by atoms with Crippen molar-refractivity contribution < 1.29 is 37.4 Å². The first-order valence-corrected chi connectivity index (χ1v) is 6.06. The van der Waals surface area contributed by atoms with Gasteiger partial charge < -0.3 is 20.5 Å². The Hall–Kier alpha value is -2.00. The Bertz CT molecular complexity index is 434. The van der Waals surface area contributed by atoms with Gasteiger partial charge in [0.15, 0.2) is 0 Å². The van der Waals surface area contributed by atoms with Gasteiger partial charge in [-0.15, -0.1) is 0 Å². The van der Waals surface area contributed by atoms with Crippen LogP contribution >= 0.6 is 0 Å². The van der Waals surface area contributed by atoms with E-state index in [1.54, 1.807) is 5.32 Å². The summed E-state index contributed by atoms with van der Waals surface area (Å²) in [5.74, 6) is -2.14. The van der Waals surface area contributed by atoms with Crippen LogP contribution in [0.15, 0.2) is 0 Å². The van der Waals surface area contributed by atoms with E-state index >= 15 is 0 Å². The summed E-state index contributed by atoms with van der Waals surface area (Å²) in [6.45, 7) is 0. The molecule has 0 aliphatic heterocycles. The van der Waals surface area contributed by atoms with Gasteiger partial charge in [0.1, 0.15) is 11.6 Å². The number of rotatable bonds is 6. The predicted molar refractivity (Wildman–Crippen MR) is 62.4 cm³/mol. The third-order valence-electron chi connectivity index (χ3n) is 3.11. The highest BCUT2D eigenvalue weighted by atomic mass is 19.4. The highest BCUT2D eigenvalue weighted by Gasteiger charge is 2.64. The Kier molecular flexibility index (Phi) is 5.02. The molecule has 3 N–H and O–H groups in total. The second kappa shape index (κ2) is 6.19. The summed E-state index contributed by atoms with van der Waals surface area (Å²) in [6, 6.07) is -2.71. The molecule has 1 aliphatic rings. The van der Waals surface area contributed by atoms with Crippen LogP contribution < -0.4 is 10.6 Å². The monoisotopic (exact) mass is 312 g/mol. The first-order chi connectivity index (χ1) is 9.61. The van der Waals surface area contributed by atoms with Crippen molar-refractivity contribution in [1.82, 2.24) is 10.6 Å². The Morgan fingerprint density at radius 1 is 1.33 bits per heavy atom. The van der Waals surface area contributed by atoms with E-state index in [2.05, 4.69) is 4.74 Å². The molecule has 0 spiro atoms. The zero-order valence-corrected chi connectivity index (χ0v) is 11.1. The lowest BCUT2D eigenvalue weighted by molar-refractivity contribution is -0.162. The van der Waals surface area contributed by atoms with Crippen molar-refractivity contribution in [2.75, 3.05) is 7.11 Å². The van der Waals surface area contributed by atoms with Crippen LogP contribution in [0.3, 0.4) is 0 Å². The number of carboxylic acids is 1. The van der Waals surface area contributed by atoms with Gasteiger partial charge in [-0.1, -0.05) is 0 Å². The third-order valence-corrected chi connectivity index (χ3v) is 3.11. The van der Waals surface area contributed by atoms with Crippen LogP contribution in [0.5, 0.6) is 0 Å². The van der Waals surface area contributed by atoms with Gasteiger partial charge in [0, 0.05) is 6.42 Å². The molecule has 0 saturated heterocycles. The summed E-state index contributed by atoms with van der Waals surface area (Å²) >= 11 is 0. The highest BCUT2D eigenvalue weighted by molar-refractivity contribution is 5.83. The summed E-state index contributed by atoms with van der Waals surface area (Å²) in [4.78, 5) is 33.3. The molecule has 2 amide bonds. The predicted octanol–water partition coefficient (Wildman–Crippen LogP) is 0.787. The second-order valence-corrected chi connectivity index (χ2v) is 4.68. The molecule has 0 heterocycles. The Morgan fingerprint density at radius 3 is 2.29 bits per heavy atom. The van der Waals surface area contributed by atoms with Crippen molar-refractivity contribution in [3.63, 3.8) is 0 Å². The zero-order chi connectivity index (χ0) is 16.3. The van der Waals surface area contributed by atoms with E-state index in [-0.39, 0.29) is 25.7 Å². The van der Waals surface area contributed by atoms with Crippen LogP contribution in [0.25, 0.3) is 0 Å². The smallest absolute Gasteiger partial charge is 0.411 e. The molecule has 0 aromatic carbocycles. The van der Waals surface area contributed by atoms with Crippen LogP contribution in [0.2, 0.25) is 0 Å². The number of methoxy groups -OCH3 is 1. The van der Waals surface area contributed by atoms with Gasteiger partial charge in [0.2, 0.25) is 0 Å². The molecule has 120 valence electrons. The number of carboxylic acid groups (broad SMARTS) is 1. The van der Waals surface area contributed by atoms with E-state index in [1.165, 1.54) is 0 Å². The molecule has 0 aromatic heterocycles. The summed E-state index contributed by atoms with van der Waals surface area (Å²) in [6.07, 6.45) is -5.64. The lowest BCUT2D eigenvalue weighted by Crippen LogP contribution is -2.54. The lowest BCUT2D eigenvalue weighted by atomic mass is 10.1. The number of nitrogens with one attached hydrogen (secondary N) is 2. The highest BCUT2D eigenvalue weighted by Crippen LogP contribution is 2.48. The summed E-state index contributed by atoms with van der Waals surface area (Å²) in [5.41, 5.74) is -2.28. The van der Waals surface area contributed by atoms with Crippen LogP contribution in [0.1, 0.15) is 25.7 Å². The number of halogens is 3. The Morgan fingerprint density at radius 2 is 1.90 bits per heavy atom. The molecule has 7 nitrogen and oxygen atoms in total. The number of carbonyl (C=O) groups excluding carboxylic acids is 2. The topological polar surface area (TPSA) is 105 Å². The van der Waals surface area contributed by atoms with Crippen LogP contribution in [0, 0.1) is 0 Å².